The van der Waals surface area contributed by atoms with Gasteiger partial charge in [-0.05, 0) is 48.5 Å². The Kier molecular flexibility index (Phi) is 5.95. The average molecular weight is 287 g/mol. The zero-order chi connectivity index (χ0) is 12.0. The van der Waals surface area contributed by atoms with E-state index in [-0.39, 0.29) is 0 Å². The van der Waals surface area contributed by atoms with Crippen LogP contribution in [0.15, 0.2) is 22.9 Å². The van der Waals surface area contributed by atoms with Crippen LogP contribution in [0.5, 0.6) is 0 Å². The van der Waals surface area contributed by atoms with E-state index in [4.69, 9.17) is 4.74 Å². The van der Waals surface area contributed by atoms with Crippen LogP contribution in [0.1, 0.15) is 19.4 Å². The van der Waals surface area contributed by atoms with Crippen molar-refractivity contribution in [1.82, 2.24) is 9.88 Å². The third-order valence-corrected chi connectivity index (χ3v) is 2.57. The molecule has 0 aliphatic carbocycles. The Labute approximate surface area is 106 Å². The molecule has 1 rings (SSSR count). The highest BCUT2D eigenvalue weighted by Crippen LogP contribution is 2.10. The maximum absolute atomic E-state index is 5.51. The number of hydrogen-bond donors (Lipinski definition) is 0. The predicted octanol–water partition coefficient (Wildman–Crippen LogP) is 2.70. The normalized spacial score (nSPS) is 11.4. The molecule has 0 N–H and O–H groups in total. The number of nitrogens with zero attached hydrogens (tertiary/aromatic N) is 2. The number of ether oxygens (including phenoxy) is 1. The quantitative estimate of drug-likeness (QED) is 0.804. The first kappa shape index (κ1) is 13.6. The molecule has 0 saturated heterocycles. The monoisotopic (exact) mass is 286 g/mol. The van der Waals surface area contributed by atoms with Gasteiger partial charge in [-0.15, -0.1) is 0 Å². The molecule has 1 aromatic heterocycles. The molecule has 1 heterocycles. The van der Waals surface area contributed by atoms with Gasteiger partial charge in [-0.3, -0.25) is 9.88 Å². The number of pyridine rings is 1. The number of halogens is 1. The third kappa shape index (κ3) is 5.58. The van der Waals surface area contributed by atoms with Crippen molar-refractivity contribution in [2.75, 3.05) is 20.2 Å². The van der Waals surface area contributed by atoms with Gasteiger partial charge in [-0.1, -0.05) is 0 Å². The van der Waals surface area contributed by atoms with E-state index in [9.17, 15) is 0 Å². The van der Waals surface area contributed by atoms with Gasteiger partial charge in [0.1, 0.15) is 0 Å². The topological polar surface area (TPSA) is 25.4 Å². The number of aromatic nitrogens is 1. The summed E-state index contributed by atoms with van der Waals surface area (Å²) in [6.07, 6.45) is 4.00. The molecule has 16 heavy (non-hydrogen) atoms. The summed E-state index contributed by atoms with van der Waals surface area (Å²) in [6.45, 7) is 6.71. The molecule has 0 bridgehead atoms. The zero-order valence-corrected chi connectivity index (χ0v) is 11.7. The summed E-state index contributed by atoms with van der Waals surface area (Å²) in [5.74, 6) is 0. The van der Waals surface area contributed by atoms with Crippen LogP contribution in [0.4, 0.5) is 0 Å². The Bertz CT molecular complexity index is 318. The Morgan fingerprint density at radius 1 is 1.44 bits per heavy atom. The van der Waals surface area contributed by atoms with Crippen molar-refractivity contribution in [3.63, 3.8) is 0 Å². The van der Waals surface area contributed by atoms with Crippen LogP contribution in [-0.2, 0) is 11.3 Å². The van der Waals surface area contributed by atoms with E-state index in [1.165, 1.54) is 5.56 Å². The molecule has 90 valence electrons. The lowest BCUT2D eigenvalue weighted by atomic mass is 10.3. The molecule has 1 aromatic rings. The third-order valence-electron chi connectivity index (χ3n) is 2.14. The molecule has 0 aliphatic heterocycles. The molecule has 0 saturated carbocycles. The summed E-state index contributed by atoms with van der Waals surface area (Å²) in [5.41, 5.74) is 1.21. The lowest BCUT2D eigenvalue weighted by Crippen LogP contribution is -2.24. The Morgan fingerprint density at radius 3 is 2.81 bits per heavy atom. The van der Waals surface area contributed by atoms with Crippen LogP contribution in [0.2, 0.25) is 0 Å². The van der Waals surface area contributed by atoms with Gasteiger partial charge in [-0.25, -0.2) is 0 Å². The molecule has 0 unspecified atom stereocenters. The van der Waals surface area contributed by atoms with Gasteiger partial charge in [-0.2, -0.15) is 0 Å². The van der Waals surface area contributed by atoms with Crippen LogP contribution < -0.4 is 0 Å². The fourth-order valence-corrected chi connectivity index (χ4v) is 1.79. The smallest absolute Gasteiger partial charge is 0.0596 e. The Hall–Kier alpha value is -0.450. The lowest BCUT2D eigenvalue weighted by molar-refractivity contribution is 0.0627. The fourth-order valence-electron chi connectivity index (χ4n) is 1.38. The molecule has 3 nitrogen and oxygen atoms in total. The Balaban J connectivity index is 2.31. The molecule has 0 aromatic carbocycles. The van der Waals surface area contributed by atoms with E-state index < -0.39 is 0 Å². The van der Waals surface area contributed by atoms with Crippen LogP contribution in [0.25, 0.3) is 0 Å². The fraction of sp³-hybridized carbons (Fsp3) is 0.583. The SMILES string of the molecule is CC(C)OCCN(C)Cc1cncc(Br)c1. The number of hydrogen-bond acceptors (Lipinski definition) is 3. The van der Waals surface area contributed by atoms with Crippen molar-refractivity contribution in [2.45, 2.75) is 26.5 Å². The molecule has 0 fully saturated rings. The van der Waals surface area contributed by atoms with Crippen molar-refractivity contribution in [3.8, 4) is 0 Å². The molecule has 0 spiro atoms. The second-order valence-corrected chi connectivity index (χ2v) is 5.08. The van der Waals surface area contributed by atoms with Gasteiger partial charge >= 0.3 is 0 Å². The van der Waals surface area contributed by atoms with E-state index >= 15 is 0 Å². The van der Waals surface area contributed by atoms with Gasteiger partial charge in [0.25, 0.3) is 0 Å². The van der Waals surface area contributed by atoms with Gasteiger partial charge in [0.15, 0.2) is 0 Å². The molecule has 0 aliphatic rings. The van der Waals surface area contributed by atoms with Crippen molar-refractivity contribution < 1.29 is 4.74 Å². The van der Waals surface area contributed by atoms with E-state index in [1.807, 2.05) is 6.20 Å². The minimum atomic E-state index is 0.306. The minimum Gasteiger partial charge on any atom is -0.377 e. The molecule has 0 amide bonds. The predicted molar refractivity (Wildman–Crippen MR) is 69.4 cm³/mol. The van der Waals surface area contributed by atoms with Crippen molar-refractivity contribution >= 4 is 15.9 Å². The van der Waals surface area contributed by atoms with Crippen LogP contribution in [-0.4, -0.2) is 36.2 Å². The molecule has 4 heteroatoms. The van der Waals surface area contributed by atoms with E-state index in [0.717, 1.165) is 24.2 Å². The van der Waals surface area contributed by atoms with E-state index in [1.54, 1.807) is 6.20 Å². The zero-order valence-electron chi connectivity index (χ0n) is 10.1. The second-order valence-electron chi connectivity index (χ2n) is 4.17. The van der Waals surface area contributed by atoms with Crippen molar-refractivity contribution in [2.24, 2.45) is 0 Å². The highest BCUT2D eigenvalue weighted by Gasteiger charge is 2.02. The van der Waals surface area contributed by atoms with Crippen LogP contribution in [0.3, 0.4) is 0 Å². The van der Waals surface area contributed by atoms with Gasteiger partial charge in [0, 0.05) is 30.0 Å². The van der Waals surface area contributed by atoms with Crippen molar-refractivity contribution in [1.29, 1.82) is 0 Å². The van der Waals surface area contributed by atoms with Crippen molar-refractivity contribution in [3.05, 3.63) is 28.5 Å². The highest BCUT2D eigenvalue weighted by molar-refractivity contribution is 9.10. The van der Waals surface area contributed by atoms with Gasteiger partial charge in [0.2, 0.25) is 0 Å². The molecular formula is C12H19BrN2O. The molecule has 0 radical (unpaired) electrons. The van der Waals surface area contributed by atoms with E-state index in [2.05, 4.69) is 52.8 Å². The summed E-state index contributed by atoms with van der Waals surface area (Å²) >= 11 is 3.42. The van der Waals surface area contributed by atoms with Gasteiger partial charge in [0.05, 0.1) is 12.7 Å². The summed E-state index contributed by atoms with van der Waals surface area (Å²) < 4.78 is 6.53. The number of likely N-dealkylation sites (N-methyl/N-ethyl adjacent to an activating group) is 1. The first-order chi connectivity index (χ1) is 7.58. The number of rotatable bonds is 6. The van der Waals surface area contributed by atoms with E-state index in [0.29, 0.717) is 6.10 Å². The first-order valence-electron chi connectivity index (χ1n) is 5.47. The molecular weight excluding hydrogens is 268 g/mol. The van der Waals surface area contributed by atoms with Crippen LogP contribution >= 0.6 is 15.9 Å². The summed E-state index contributed by atoms with van der Waals surface area (Å²) in [6, 6.07) is 2.09. The average Bonchev–Trinajstić information content (AvgIpc) is 2.16. The largest absolute Gasteiger partial charge is 0.377 e. The summed E-state index contributed by atoms with van der Waals surface area (Å²) in [4.78, 5) is 6.37. The Morgan fingerprint density at radius 2 is 2.19 bits per heavy atom. The highest BCUT2D eigenvalue weighted by atomic mass is 79.9. The maximum Gasteiger partial charge on any atom is 0.0596 e. The lowest BCUT2D eigenvalue weighted by Gasteiger charge is -2.17. The van der Waals surface area contributed by atoms with Gasteiger partial charge < -0.3 is 4.74 Å². The summed E-state index contributed by atoms with van der Waals surface area (Å²) in [5, 5.41) is 0. The first-order valence-corrected chi connectivity index (χ1v) is 6.27. The summed E-state index contributed by atoms with van der Waals surface area (Å²) in [7, 11) is 2.09. The standard InChI is InChI=1S/C12H19BrN2O/c1-10(2)16-5-4-15(3)9-11-6-12(13)8-14-7-11/h6-8,10H,4-5,9H2,1-3H3. The maximum atomic E-state index is 5.51. The minimum absolute atomic E-state index is 0.306. The molecule has 0 atom stereocenters. The second kappa shape index (κ2) is 6.99. The van der Waals surface area contributed by atoms with Crippen LogP contribution in [0, 0.1) is 0 Å².